The molecule has 0 bridgehead atoms. The zero-order valence-electron chi connectivity index (χ0n) is 11.9. The Kier molecular flexibility index (Phi) is 4.88. The van der Waals surface area contributed by atoms with Gasteiger partial charge in [0.2, 0.25) is 0 Å². The summed E-state index contributed by atoms with van der Waals surface area (Å²) < 4.78 is 37.5. The van der Waals surface area contributed by atoms with Crippen LogP contribution < -0.4 is 5.32 Å². The molecule has 0 atom stereocenters. The number of amides is 1. The summed E-state index contributed by atoms with van der Waals surface area (Å²) in [7, 11) is 0. The fraction of sp³-hybridized carbons (Fsp3) is 0.533. The van der Waals surface area contributed by atoms with Crippen molar-refractivity contribution >= 4 is 5.91 Å². The number of hydrogen-bond donors (Lipinski definition) is 1. The summed E-state index contributed by atoms with van der Waals surface area (Å²) in [6, 6.07) is 4.84. The van der Waals surface area contributed by atoms with E-state index in [1.807, 2.05) is 6.92 Å². The fourth-order valence-electron chi connectivity index (χ4n) is 2.56. The molecule has 0 unspecified atom stereocenters. The lowest BCUT2D eigenvalue weighted by Gasteiger charge is -2.32. The highest BCUT2D eigenvalue weighted by Crippen LogP contribution is 2.29. The van der Waals surface area contributed by atoms with Gasteiger partial charge in [-0.05, 0) is 43.7 Å². The second kappa shape index (κ2) is 6.47. The van der Waals surface area contributed by atoms with Gasteiger partial charge in [-0.3, -0.25) is 4.79 Å². The minimum Gasteiger partial charge on any atom is -0.339 e. The molecule has 1 aliphatic rings. The summed E-state index contributed by atoms with van der Waals surface area (Å²) in [4.78, 5) is 14.0. The lowest BCUT2D eigenvalue weighted by molar-refractivity contribution is -0.137. The van der Waals surface area contributed by atoms with E-state index in [1.165, 1.54) is 12.1 Å². The Morgan fingerprint density at radius 2 is 1.81 bits per heavy atom. The quantitative estimate of drug-likeness (QED) is 0.931. The van der Waals surface area contributed by atoms with Crippen LogP contribution in [0.3, 0.4) is 0 Å². The number of carbonyl (C=O) groups excluding carboxylic acids is 1. The number of carbonyl (C=O) groups is 1. The number of nitrogens with one attached hydrogen (secondary N) is 1. The molecule has 116 valence electrons. The molecule has 0 saturated carbocycles. The average Bonchev–Trinajstić information content (AvgIpc) is 2.47. The van der Waals surface area contributed by atoms with Crippen molar-refractivity contribution in [3.05, 3.63) is 35.4 Å². The topological polar surface area (TPSA) is 32.3 Å². The highest BCUT2D eigenvalue weighted by Gasteiger charge is 2.30. The number of nitrogens with zero attached hydrogens (tertiary/aromatic N) is 1. The Morgan fingerprint density at radius 1 is 1.24 bits per heavy atom. The van der Waals surface area contributed by atoms with Crippen molar-refractivity contribution in [1.29, 1.82) is 0 Å². The van der Waals surface area contributed by atoms with Crippen LogP contribution in [0, 0.1) is 0 Å². The first-order valence-corrected chi connectivity index (χ1v) is 7.11. The van der Waals surface area contributed by atoms with Crippen LogP contribution >= 0.6 is 0 Å². The molecule has 1 aliphatic heterocycles. The van der Waals surface area contributed by atoms with E-state index in [2.05, 4.69) is 5.32 Å². The van der Waals surface area contributed by atoms with Crippen molar-refractivity contribution in [2.45, 2.75) is 32.0 Å². The van der Waals surface area contributed by atoms with Crippen LogP contribution in [0.15, 0.2) is 24.3 Å². The number of likely N-dealkylation sites (tertiary alicyclic amines) is 1. The van der Waals surface area contributed by atoms with Gasteiger partial charge in [0.05, 0.1) is 5.56 Å². The molecule has 1 amide bonds. The summed E-state index contributed by atoms with van der Waals surface area (Å²) in [5.41, 5.74) is -0.421. The van der Waals surface area contributed by atoms with E-state index >= 15 is 0 Å². The van der Waals surface area contributed by atoms with Crippen LogP contribution in [0.1, 0.15) is 35.7 Å². The van der Waals surface area contributed by atoms with Gasteiger partial charge in [0.25, 0.3) is 5.91 Å². The van der Waals surface area contributed by atoms with Gasteiger partial charge in [-0.1, -0.05) is 6.92 Å². The molecular weight excluding hydrogens is 281 g/mol. The van der Waals surface area contributed by atoms with Crippen LogP contribution in [0.2, 0.25) is 0 Å². The monoisotopic (exact) mass is 300 g/mol. The molecule has 1 saturated heterocycles. The van der Waals surface area contributed by atoms with Crippen molar-refractivity contribution in [3.8, 4) is 0 Å². The van der Waals surface area contributed by atoms with E-state index in [0.717, 1.165) is 31.5 Å². The number of piperidine rings is 1. The van der Waals surface area contributed by atoms with Crippen molar-refractivity contribution in [2.75, 3.05) is 19.6 Å². The fourth-order valence-corrected chi connectivity index (χ4v) is 2.56. The van der Waals surface area contributed by atoms with Crippen LogP contribution in [0.25, 0.3) is 0 Å². The zero-order chi connectivity index (χ0) is 15.5. The third-order valence-electron chi connectivity index (χ3n) is 3.73. The predicted octanol–water partition coefficient (Wildman–Crippen LogP) is 2.92. The number of rotatable bonds is 3. The zero-order valence-corrected chi connectivity index (χ0v) is 11.9. The maximum atomic E-state index is 12.5. The normalized spacial score (nSPS) is 17.0. The van der Waals surface area contributed by atoms with Gasteiger partial charge in [-0.15, -0.1) is 0 Å². The first-order chi connectivity index (χ1) is 9.91. The Morgan fingerprint density at radius 3 is 2.29 bits per heavy atom. The second-order valence-corrected chi connectivity index (χ2v) is 5.20. The predicted molar refractivity (Wildman–Crippen MR) is 74.0 cm³/mol. The van der Waals surface area contributed by atoms with Gasteiger partial charge in [0.15, 0.2) is 0 Å². The van der Waals surface area contributed by atoms with Crippen molar-refractivity contribution in [2.24, 2.45) is 0 Å². The second-order valence-electron chi connectivity index (χ2n) is 5.20. The van der Waals surface area contributed by atoms with E-state index in [9.17, 15) is 18.0 Å². The Balaban J connectivity index is 1.98. The summed E-state index contributed by atoms with van der Waals surface area (Å²) in [6.07, 6.45) is -2.62. The first-order valence-electron chi connectivity index (χ1n) is 7.11. The van der Waals surface area contributed by atoms with Gasteiger partial charge in [0, 0.05) is 24.7 Å². The third-order valence-corrected chi connectivity index (χ3v) is 3.73. The van der Waals surface area contributed by atoms with E-state index in [1.54, 1.807) is 4.90 Å². The Hall–Kier alpha value is -1.56. The average molecular weight is 300 g/mol. The standard InChI is InChI=1S/C15H19F3N2O/c1-2-19-13-7-9-20(10-8-13)14(21)11-3-5-12(6-4-11)15(16,17)18/h3-6,13,19H,2,7-10H2,1H3. The maximum Gasteiger partial charge on any atom is 0.416 e. The lowest BCUT2D eigenvalue weighted by Crippen LogP contribution is -2.44. The lowest BCUT2D eigenvalue weighted by atomic mass is 10.0. The molecule has 0 spiro atoms. The molecule has 0 aliphatic carbocycles. The Bertz CT molecular complexity index is 477. The van der Waals surface area contributed by atoms with Crippen molar-refractivity contribution in [1.82, 2.24) is 10.2 Å². The molecule has 0 radical (unpaired) electrons. The molecule has 1 N–H and O–H groups in total. The van der Waals surface area contributed by atoms with Gasteiger partial charge in [-0.2, -0.15) is 13.2 Å². The van der Waals surface area contributed by atoms with Gasteiger partial charge in [0.1, 0.15) is 0 Å². The smallest absolute Gasteiger partial charge is 0.339 e. The molecule has 0 aromatic heterocycles. The summed E-state index contributed by atoms with van der Waals surface area (Å²) >= 11 is 0. The molecule has 21 heavy (non-hydrogen) atoms. The molecule has 2 rings (SSSR count). The number of halogens is 3. The van der Waals surface area contributed by atoms with Crippen molar-refractivity contribution < 1.29 is 18.0 Å². The minimum absolute atomic E-state index is 0.196. The molecule has 6 heteroatoms. The van der Waals surface area contributed by atoms with E-state index in [4.69, 9.17) is 0 Å². The van der Waals surface area contributed by atoms with Crippen LogP contribution in [-0.2, 0) is 6.18 Å². The largest absolute Gasteiger partial charge is 0.416 e. The maximum absolute atomic E-state index is 12.5. The molecule has 1 aromatic rings. The highest BCUT2D eigenvalue weighted by atomic mass is 19.4. The van der Waals surface area contributed by atoms with Crippen molar-refractivity contribution in [3.63, 3.8) is 0 Å². The molecule has 1 aromatic carbocycles. The first kappa shape index (κ1) is 15.8. The highest BCUT2D eigenvalue weighted by molar-refractivity contribution is 5.94. The SMILES string of the molecule is CCNC1CCN(C(=O)c2ccc(C(F)(F)F)cc2)CC1. The van der Waals surface area contributed by atoms with Gasteiger partial charge >= 0.3 is 6.18 Å². The summed E-state index contributed by atoms with van der Waals surface area (Å²) in [5.74, 6) is -0.196. The molecular formula is C15H19F3N2O. The Labute approximate surface area is 122 Å². The van der Waals surface area contributed by atoms with Crippen LogP contribution in [0.4, 0.5) is 13.2 Å². The number of alkyl halides is 3. The summed E-state index contributed by atoms with van der Waals surface area (Å²) in [6.45, 7) is 4.21. The molecule has 1 fully saturated rings. The number of benzene rings is 1. The van der Waals surface area contributed by atoms with Crippen LogP contribution in [-0.4, -0.2) is 36.5 Å². The van der Waals surface area contributed by atoms with Gasteiger partial charge < -0.3 is 10.2 Å². The molecule has 3 nitrogen and oxygen atoms in total. The van der Waals surface area contributed by atoms with E-state index in [0.29, 0.717) is 24.7 Å². The van der Waals surface area contributed by atoms with Crippen LogP contribution in [0.5, 0.6) is 0 Å². The third kappa shape index (κ3) is 3.97. The summed E-state index contributed by atoms with van der Waals surface area (Å²) in [5, 5.41) is 3.34. The number of hydrogen-bond acceptors (Lipinski definition) is 2. The van der Waals surface area contributed by atoms with E-state index in [-0.39, 0.29) is 5.91 Å². The van der Waals surface area contributed by atoms with E-state index < -0.39 is 11.7 Å². The molecule has 1 heterocycles. The minimum atomic E-state index is -4.37. The van der Waals surface area contributed by atoms with Gasteiger partial charge in [-0.25, -0.2) is 0 Å².